The lowest BCUT2D eigenvalue weighted by atomic mass is 9.95. The fraction of sp³-hybridized carbons (Fsp3) is 0.556. The van der Waals surface area contributed by atoms with Crippen molar-refractivity contribution < 1.29 is 9.59 Å². The van der Waals surface area contributed by atoms with Crippen LogP contribution in [0, 0.1) is 11.8 Å². The number of anilines is 1. The van der Waals surface area contributed by atoms with Crippen molar-refractivity contribution in [3.8, 4) is 0 Å². The van der Waals surface area contributed by atoms with Crippen molar-refractivity contribution in [1.82, 2.24) is 4.90 Å². The van der Waals surface area contributed by atoms with Crippen molar-refractivity contribution in [3.05, 3.63) is 29.8 Å². The smallest absolute Gasteiger partial charge is 0.227 e. The van der Waals surface area contributed by atoms with E-state index < -0.39 is 0 Å². The van der Waals surface area contributed by atoms with Gasteiger partial charge in [-0.1, -0.05) is 26.0 Å². The molecule has 0 aromatic heterocycles. The third kappa shape index (κ3) is 4.58. The predicted molar refractivity (Wildman–Crippen MR) is 88.6 cm³/mol. The summed E-state index contributed by atoms with van der Waals surface area (Å²) in [5.74, 6) is 0.774. The van der Waals surface area contributed by atoms with E-state index in [0.29, 0.717) is 19.0 Å². The lowest BCUT2D eigenvalue weighted by molar-refractivity contribution is -0.132. The molecule has 4 nitrogen and oxygen atoms in total. The number of amides is 2. The Hall–Kier alpha value is -1.84. The van der Waals surface area contributed by atoms with Crippen LogP contribution in [0.1, 0.15) is 39.2 Å². The van der Waals surface area contributed by atoms with E-state index in [2.05, 4.69) is 31.3 Å². The van der Waals surface area contributed by atoms with Gasteiger partial charge in [0, 0.05) is 31.6 Å². The van der Waals surface area contributed by atoms with Crippen LogP contribution in [0.25, 0.3) is 0 Å². The molecule has 22 heavy (non-hydrogen) atoms. The number of nitrogens with zero attached hydrogens (tertiary/aromatic N) is 1. The fourth-order valence-electron chi connectivity index (χ4n) is 2.95. The van der Waals surface area contributed by atoms with E-state index in [0.717, 1.165) is 24.9 Å². The molecule has 0 spiro atoms. The van der Waals surface area contributed by atoms with Crippen LogP contribution in [0.3, 0.4) is 0 Å². The first-order valence-corrected chi connectivity index (χ1v) is 8.11. The van der Waals surface area contributed by atoms with Gasteiger partial charge < -0.3 is 10.2 Å². The average Bonchev–Trinajstić information content (AvgIpc) is 2.47. The molecule has 1 saturated heterocycles. The van der Waals surface area contributed by atoms with Crippen LogP contribution in [0.4, 0.5) is 5.69 Å². The minimum absolute atomic E-state index is 0.00403. The summed E-state index contributed by atoms with van der Waals surface area (Å²) in [7, 11) is 0. The van der Waals surface area contributed by atoms with Gasteiger partial charge in [-0.25, -0.2) is 0 Å². The second-order valence-electron chi connectivity index (χ2n) is 6.57. The highest BCUT2D eigenvalue weighted by molar-refractivity contribution is 5.92. The van der Waals surface area contributed by atoms with E-state index in [1.54, 1.807) is 6.92 Å². The maximum absolute atomic E-state index is 12.4. The summed E-state index contributed by atoms with van der Waals surface area (Å²) >= 11 is 0. The van der Waals surface area contributed by atoms with Gasteiger partial charge in [0.2, 0.25) is 11.8 Å². The first kappa shape index (κ1) is 16.5. The van der Waals surface area contributed by atoms with Gasteiger partial charge in [-0.2, -0.15) is 0 Å². The van der Waals surface area contributed by atoms with Crippen molar-refractivity contribution in [2.24, 2.45) is 11.8 Å². The number of likely N-dealkylation sites (tertiary alicyclic amines) is 1. The molecule has 2 rings (SSSR count). The number of hydrogen-bond donors (Lipinski definition) is 1. The Labute approximate surface area is 132 Å². The Morgan fingerprint density at radius 1 is 1.27 bits per heavy atom. The van der Waals surface area contributed by atoms with Crippen LogP contribution < -0.4 is 5.32 Å². The van der Waals surface area contributed by atoms with Gasteiger partial charge in [0.1, 0.15) is 0 Å². The highest BCUT2D eigenvalue weighted by atomic mass is 16.2. The minimum Gasteiger partial charge on any atom is -0.343 e. The van der Waals surface area contributed by atoms with Crippen LogP contribution in [-0.2, 0) is 16.0 Å². The van der Waals surface area contributed by atoms with Gasteiger partial charge in [-0.3, -0.25) is 9.59 Å². The van der Waals surface area contributed by atoms with E-state index in [1.807, 2.05) is 17.0 Å². The summed E-state index contributed by atoms with van der Waals surface area (Å²) in [4.78, 5) is 25.5. The van der Waals surface area contributed by atoms with Crippen LogP contribution >= 0.6 is 0 Å². The van der Waals surface area contributed by atoms with E-state index in [9.17, 15) is 9.59 Å². The molecule has 1 N–H and O–H groups in total. The average molecular weight is 302 g/mol. The number of carbonyl (C=O) groups is 2. The number of nitrogens with one attached hydrogen (secondary N) is 1. The largest absolute Gasteiger partial charge is 0.343 e. The lowest BCUT2D eigenvalue weighted by Gasteiger charge is -2.30. The third-order valence-electron chi connectivity index (χ3n) is 4.15. The second-order valence-corrected chi connectivity index (χ2v) is 6.57. The first-order valence-electron chi connectivity index (χ1n) is 8.11. The lowest BCUT2D eigenvalue weighted by Crippen LogP contribution is -2.40. The van der Waals surface area contributed by atoms with Crippen LogP contribution in [0.5, 0.6) is 0 Å². The van der Waals surface area contributed by atoms with Crippen molar-refractivity contribution in [2.75, 3.05) is 18.4 Å². The molecule has 1 aromatic rings. The highest BCUT2D eigenvalue weighted by Gasteiger charge is 2.25. The monoisotopic (exact) mass is 302 g/mol. The van der Waals surface area contributed by atoms with Crippen LogP contribution in [0.2, 0.25) is 0 Å². The van der Waals surface area contributed by atoms with Crippen LogP contribution in [0.15, 0.2) is 24.3 Å². The van der Waals surface area contributed by atoms with Crippen molar-refractivity contribution >= 4 is 17.5 Å². The first-order chi connectivity index (χ1) is 10.5. The summed E-state index contributed by atoms with van der Waals surface area (Å²) in [6, 6.07) is 8.09. The number of carbonyl (C=O) groups excluding carboxylic acids is 2. The number of rotatable bonds is 4. The molecular weight excluding hydrogens is 276 g/mol. The third-order valence-corrected chi connectivity index (χ3v) is 4.15. The maximum Gasteiger partial charge on any atom is 0.227 e. The maximum atomic E-state index is 12.4. The van der Waals surface area contributed by atoms with Crippen molar-refractivity contribution in [2.45, 2.75) is 40.0 Å². The van der Waals surface area contributed by atoms with Gasteiger partial charge in [0.15, 0.2) is 0 Å². The number of piperidine rings is 1. The Balaban J connectivity index is 1.91. The normalized spacial score (nSPS) is 15.9. The molecule has 0 aliphatic carbocycles. The summed E-state index contributed by atoms with van der Waals surface area (Å²) in [6.45, 7) is 7.32. The summed E-state index contributed by atoms with van der Waals surface area (Å²) < 4.78 is 0. The molecule has 1 aliphatic heterocycles. The zero-order valence-corrected chi connectivity index (χ0v) is 13.8. The molecular formula is C18H26N2O2. The van der Waals surface area contributed by atoms with Gasteiger partial charge in [-0.05, 0) is 42.9 Å². The van der Waals surface area contributed by atoms with E-state index in [-0.39, 0.29) is 17.7 Å². The topological polar surface area (TPSA) is 49.4 Å². The Morgan fingerprint density at radius 2 is 1.95 bits per heavy atom. The molecule has 1 heterocycles. The second kappa shape index (κ2) is 7.43. The van der Waals surface area contributed by atoms with Gasteiger partial charge in [0.25, 0.3) is 0 Å². The highest BCUT2D eigenvalue weighted by Crippen LogP contribution is 2.20. The molecule has 0 radical (unpaired) electrons. The molecule has 0 bridgehead atoms. The molecule has 120 valence electrons. The van der Waals surface area contributed by atoms with Crippen molar-refractivity contribution in [3.63, 3.8) is 0 Å². The van der Waals surface area contributed by atoms with E-state index in [4.69, 9.17) is 0 Å². The molecule has 1 fully saturated rings. The van der Waals surface area contributed by atoms with Crippen LogP contribution in [-0.4, -0.2) is 29.8 Å². The molecule has 4 heteroatoms. The number of benzene rings is 1. The molecule has 0 atom stereocenters. The number of hydrogen-bond acceptors (Lipinski definition) is 2. The SMILES string of the molecule is CC(=O)N1CCC(C(=O)Nc2cccc(CC(C)C)c2)CC1. The zero-order valence-electron chi connectivity index (χ0n) is 13.8. The quantitative estimate of drug-likeness (QED) is 0.929. The minimum atomic E-state index is 0.00403. The summed E-state index contributed by atoms with van der Waals surface area (Å²) in [5, 5.41) is 3.03. The van der Waals surface area contributed by atoms with E-state index >= 15 is 0 Å². The van der Waals surface area contributed by atoms with Crippen molar-refractivity contribution in [1.29, 1.82) is 0 Å². The standard InChI is InChI=1S/C18H26N2O2/c1-13(2)11-15-5-4-6-17(12-15)19-18(22)16-7-9-20(10-8-16)14(3)21/h4-6,12-13,16H,7-11H2,1-3H3,(H,19,22). The summed E-state index contributed by atoms with van der Waals surface area (Å²) in [6.07, 6.45) is 2.51. The van der Waals surface area contributed by atoms with Gasteiger partial charge in [0.05, 0.1) is 0 Å². The van der Waals surface area contributed by atoms with E-state index in [1.165, 1.54) is 5.56 Å². The Bertz CT molecular complexity index is 532. The fourth-order valence-corrected chi connectivity index (χ4v) is 2.95. The Morgan fingerprint density at radius 3 is 2.55 bits per heavy atom. The zero-order chi connectivity index (χ0) is 16.1. The predicted octanol–water partition coefficient (Wildman–Crippen LogP) is 3.08. The molecule has 1 aliphatic rings. The van der Waals surface area contributed by atoms with Gasteiger partial charge in [-0.15, -0.1) is 0 Å². The molecule has 0 unspecified atom stereocenters. The molecule has 0 saturated carbocycles. The van der Waals surface area contributed by atoms with Gasteiger partial charge >= 0.3 is 0 Å². The Kier molecular flexibility index (Phi) is 5.58. The molecule has 1 aromatic carbocycles. The summed E-state index contributed by atoms with van der Waals surface area (Å²) in [5.41, 5.74) is 2.12. The molecule has 2 amide bonds.